The Morgan fingerprint density at radius 2 is 2.16 bits per heavy atom. The van der Waals surface area contributed by atoms with Crippen LogP contribution in [0, 0.1) is 12.8 Å². The van der Waals surface area contributed by atoms with Crippen molar-refractivity contribution in [3.8, 4) is 0 Å². The molecule has 1 saturated carbocycles. The third kappa shape index (κ3) is 4.49. The first-order valence-electron chi connectivity index (χ1n) is 7.06. The van der Waals surface area contributed by atoms with Gasteiger partial charge in [0, 0.05) is 24.2 Å². The molecule has 1 heterocycles. The maximum atomic E-state index is 4.35. The zero-order valence-electron chi connectivity index (χ0n) is 12.1. The number of nitrogens with zero attached hydrogens (tertiary/aromatic N) is 2. The molecular weight excluding hydrogens is 256 g/mol. The summed E-state index contributed by atoms with van der Waals surface area (Å²) in [4.78, 5) is 9.90. The first-order chi connectivity index (χ1) is 9.17. The lowest BCUT2D eigenvalue weighted by molar-refractivity contribution is 0.329. The van der Waals surface area contributed by atoms with Gasteiger partial charge in [0.05, 0.1) is 6.54 Å². The van der Waals surface area contributed by atoms with Gasteiger partial charge in [0.1, 0.15) is 5.01 Å². The maximum absolute atomic E-state index is 4.35. The second-order valence-corrected chi connectivity index (χ2v) is 6.71. The summed E-state index contributed by atoms with van der Waals surface area (Å²) in [5.41, 5.74) is 0. The highest BCUT2D eigenvalue weighted by Gasteiger charge is 2.18. The van der Waals surface area contributed by atoms with Gasteiger partial charge in [0.25, 0.3) is 0 Å². The number of hydrogen-bond acceptors (Lipinski definition) is 3. The fourth-order valence-electron chi connectivity index (χ4n) is 2.43. The Bertz CT molecular complexity index is 419. The number of aromatic nitrogens is 1. The second kappa shape index (κ2) is 6.89. The number of rotatable bonds is 3. The Labute approximate surface area is 119 Å². The summed E-state index contributed by atoms with van der Waals surface area (Å²) in [6.45, 7) is 5.17. The summed E-state index contributed by atoms with van der Waals surface area (Å²) in [7, 11) is 1.83. The first-order valence-corrected chi connectivity index (χ1v) is 7.87. The van der Waals surface area contributed by atoms with Crippen LogP contribution < -0.4 is 10.6 Å². The molecule has 1 aromatic rings. The molecular formula is C14H24N4S. The largest absolute Gasteiger partial charge is 0.354 e. The second-order valence-electron chi connectivity index (χ2n) is 5.39. The van der Waals surface area contributed by atoms with Gasteiger partial charge in [-0.15, -0.1) is 11.3 Å². The number of nitrogens with one attached hydrogen (secondary N) is 2. The molecule has 19 heavy (non-hydrogen) atoms. The Balaban J connectivity index is 1.77. The van der Waals surface area contributed by atoms with E-state index in [0.717, 1.165) is 23.4 Å². The van der Waals surface area contributed by atoms with Crippen molar-refractivity contribution in [3.05, 3.63) is 16.1 Å². The van der Waals surface area contributed by atoms with Crippen LogP contribution in [0.3, 0.4) is 0 Å². The van der Waals surface area contributed by atoms with E-state index in [-0.39, 0.29) is 0 Å². The molecule has 0 saturated heterocycles. The van der Waals surface area contributed by atoms with Crippen LogP contribution in [0.25, 0.3) is 0 Å². The normalized spacial score (nSPS) is 24.3. The van der Waals surface area contributed by atoms with Crippen molar-refractivity contribution in [2.24, 2.45) is 10.9 Å². The lowest BCUT2D eigenvalue weighted by Gasteiger charge is -2.28. The molecule has 1 aromatic heterocycles. The van der Waals surface area contributed by atoms with Crippen LogP contribution in [-0.2, 0) is 6.54 Å². The molecule has 0 spiro atoms. The van der Waals surface area contributed by atoms with E-state index in [9.17, 15) is 0 Å². The number of guanidine groups is 1. The fourth-order valence-corrected chi connectivity index (χ4v) is 3.16. The number of aliphatic imine (C=N–C) groups is 1. The van der Waals surface area contributed by atoms with E-state index in [1.54, 1.807) is 11.3 Å². The molecule has 0 radical (unpaired) electrons. The zero-order chi connectivity index (χ0) is 13.7. The fraction of sp³-hybridized carbons (Fsp3) is 0.714. The van der Waals surface area contributed by atoms with Gasteiger partial charge in [0.2, 0.25) is 0 Å². The van der Waals surface area contributed by atoms with Crippen LogP contribution in [0.5, 0.6) is 0 Å². The van der Waals surface area contributed by atoms with E-state index in [2.05, 4.69) is 34.5 Å². The lowest BCUT2D eigenvalue weighted by atomic mass is 9.87. The maximum Gasteiger partial charge on any atom is 0.191 e. The van der Waals surface area contributed by atoms with Crippen molar-refractivity contribution in [1.82, 2.24) is 15.6 Å². The van der Waals surface area contributed by atoms with Crippen molar-refractivity contribution in [2.45, 2.75) is 52.1 Å². The van der Waals surface area contributed by atoms with Crippen LogP contribution in [0.15, 0.2) is 11.2 Å². The highest BCUT2D eigenvalue weighted by Crippen LogP contribution is 2.23. The van der Waals surface area contributed by atoms with Crippen LogP contribution in [0.2, 0.25) is 0 Å². The minimum Gasteiger partial charge on any atom is -0.354 e. The summed E-state index contributed by atoms with van der Waals surface area (Å²) in [5.74, 6) is 1.78. The molecule has 1 fully saturated rings. The molecule has 4 nitrogen and oxygen atoms in total. The molecule has 2 N–H and O–H groups in total. The summed E-state index contributed by atoms with van der Waals surface area (Å²) in [6.07, 6.45) is 7.05. The van der Waals surface area contributed by atoms with Crippen molar-refractivity contribution in [2.75, 3.05) is 7.05 Å². The Morgan fingerprint density at radius 1 is 1.42 bits per heavy atom. The summed E-state index contributed by atoms with van der Waals surface area (Å²) < 4.78 is 0. The molecule has 106 valence electrons. The van der Waals surface area contributed by atoms with Crippen LogP contribution >= 0.6 is 11.3 Å². The molecule has 0 aromatic carbocycles. The van der Waals surface area contributed by atoms with Gasteiger partial charge in [-0.3, -0.25) is 4.99 Å². The van der Waals surface area contributed by atoms with Gasteiger partial charge in [-0.2, -0.15) is 0 Å². The first kappa shape index (κ1) is 14.3. The molecule has 0 amide bonds. The predicted molar refractivity (Wildman–Crippen MR) is 81.6 cm³/mol. The van der Waals surface area contributed by atoms with Crippen LogP contribution in [-0.4, -0.2) is 24.0 Å². The minimum atomic E-state index is 0.570. The Kier molecular flexibility index (Phi) is 5.19. The third-order valence-electron chi connectivity index (χ3n) is 3.66. The topological polar surface area (TPSA) is 49.3 Å². The standard InChI is InChI=1S/C14H24N4S/c1-10-4-6-12(7-5-10)18-14(15-3)17-9-13-16-8-11(2)19-13/h8,10,12H,4-7,9H2,1-3H3,(H2,15,17,18). The Morgan fingerprint density at radius 3 is 2.74 bits per heavy atom. The van der Waals surface area contributed by atoms with Gasteiger partial charge in [-0.25, -0.2) is 4.98 Å². The van der Waals surface area contributed by atoms with Gasteiger partial charge in [-0.05, 0) is 38.5 Å². The third-order valence-corrected chi connectivity index (χ3v) is 4.57. The molecule has 1 aliphatic rings. The highest BCUT2D eigenvalue weighted by atomic mass is 32.1. The van der Waals surface area contributed by atoms with Gasteiger partial charge in [0.15, 0.2) is 5.96 Å². The van der Waals surface area contributed by atoms with E-state index in [4.69, 9.17) is 0 Å². The van der Waals surface area contributed by atoms with Crippen LogP contribution in [0.1, 0.15) is 42.5 Å². The molecule has 0 unspecified atom stereocenters. The summed E-state index contributed by atoms with van der Waals surface area (Å²) in [6, 6.07) is 0.570. The molecule has 0 atom stereocenters. The average Bonchev–Trinajstić information content (AvgIpc) is 2.82. The van der Waals surface area contributed by atoms with E-state index < -0.39 is 0 Å². The van der Waals surface area contributed by atoms with Gasteiger partial charge in [-0.1, -0.05) is 6.92 Å². The molecule has 1 aliphatic carbocycles. The monoisotopic (exact) mass is 280 g/mol. The SMILES string of the molecule is CN=C(NCc1ncc(C)s1)NC1CCC(C)CC1. The minimum absolute atomic E-state index is 0.570. The molecule has 0 aliphatic heterocycles. The molecule has 2 rings (SSSR count). The lowest BCUT2D eigenvalue weighted by Crippen LogP contribution is -2.44. The number of hydrogen-bond donors (Lipinski definition) is 2. The smallest absolute Gasteiger partial charge is 0.191 e. The van der Waals surface area contributed by atoms with Gasteiger partial charge < -0.3 is 10.6 Å². The van der Waals surface area contributed by atoms with E-state index in [0.29, 0.717) is 6.04 Å². The summed E-state index contributed by atoms with van der Waals surface area (Å²) >= 11 is 1.73. The quantitative estimate of drug-likeness (QED) is 0.661. The van der Waals surface area contributed by atoms with E-state index in [1.165, 1.54) is 30.6 Å². The van der Waals surface area contributed by atoms with Crippen molar-refractivity contribution in [3.63, 3.8) is 0 Å². The van der Waals surface area contributed by atoms with Crippen LogP contribution in [0.4, 0.5) is 0 Å². The van der Waals surface area contributed by atoms with Crippen molar-refractivity contribution >= 4 is 17.3 Å². The van der Waals surface area contributed by atoms with E-state index >= 15 is 0 Å². The average molecular weight is 280 g/mol. The number of aryl methyl sites for hydroxylation is 1. The highest BCUT2D eigenvalue weighted by molar-refractivity contribution is 7.11. The number of thiazole rings is 1. The Hall–Kier alpha value is -1.10. The van der Waals surface area contributed by atoms with Crippen molar-refractivity contribution in [1.29, 1.82) is 0 Å². The molecule has 0 bridgehead atoms. The van der Waals surface area contributed by atoms with Crippen molar-refractivity contribution < 1.29 is 0 Å². The zero-order valence-corrected chi connectivity index (χ0v) is 12.9. The summed E-state index contributed by atoms with van der Waals surface area (Å²) in [5, 5.41) is 7.97. The molecule has 5 heteroatoms. The van der Waals surface area contributed by atoms with Gasteiger partial charge >= 0.3 is 0 Å². The van der Waals surface area contributed by atoms with E-state index in [1.807, 2.05) is 13.2 Å². The predicted octanol–water partition coefficient (Wildman–Crippen LogP) is 2.70.